The molecule has 1 aliphatic rings. The van der Waals surface area contributed by atoms with E-state index >= 15 is 0 Å². The van der Waals surface area contributed by atoms with Crippen molar-refractivity contribution < 1.29 is 4.57 Å². The predicted octanol–water partition coefficient (Wildman–Crippen LogP) is 4.83. The minimum absolute atomic E-state index is 0.845. The van der Waals surface area contributed by atoms with Gasteiger partial charge in [-0.05, 0) is 51.2 Å². The Labute approximate surface area is 185 Å². The van der Waals surface area contributed by atoms with E-state index < -0.39 is 8.07 Å². The van der Waals surface area contributed by atoms with Crippen LogP contribution in [0.15, 0.2) is 79.0 Å². The molecule has 0 aliphatic carbocycles. The molecule has 0 radical (unpaired) electrons. The van der Waals surface area contributed by atoms with Crippen LogP contribution < -0.4 is 14.9 Å². The maximum atomic E-state index is 10.3. The summed E-state index contributed by atoms with van der Waals surface area (Å²) in [5.41, 5.74) is 9.38. The summed E-state index contributed by atoms with van der Waals surface area (Å²) in [6, 6.07) is 28.1. The first kappa shape index (κ1) is 19.5. The Bertz CT molecular complexity index is 1380. The highest BCUT2D eigenvalue weighted by molar-refractivity contribution is 7.05. The fraction of sp³-hybridized carbons (Fsp3) is 0.143. The van der Waals surface area contributed by atoms with E-state index in [2.05, 4.69) is 98.5 Å². The second kappa shape index (κ2) is 7.04. The van der Waals surface area contributed by atoms with E-state index in [-0.39, 0.29) is 0 Å². The molecule has 0 spiro atoms. The van der Waals surface area contributed by atoms with Crippen molar-refractivity contribution in [3.8, 4) is 39.6 Å². The molecule has 0 atom stereocenters. The molecule has 4 aromatic rings. The fourth-order valence-electron chi connectivity index (χ4n) is 5.27. The van der Waals surface area contributed by atoms with Crippen molar-refractivity contribution in [1.82, 2.24) is 0 Å². The molecule has 5 rings (SSSR count). The molecule has 0 saturated carbocycles. The van der Waals surface area contributed by atoms with Crippen LogP contribution in [-0.2, 0) is 7.05 Å². The highest BCUT2D eigenvalue weighted by Crippen LogP contribution is 2.37. The molecule has 1 aromatic heterocycles. The SMILES string of the molecule is Cc1ccc2c(c1-c1cccc[n+]1C)[Si](C)(C)c1c-2ccc(-c2ccccc2)c1C#N. The lowest BCUT2D eigenvalue weighted by Crippen LogP contribution is -2.52. The summed E-state index contributed by atoms with van der Waals surface area (Å²) in [7, 11) is -0.0186. The van der Waals surface area contributed by atoms with Crippen LogP contribution in [0, 0.1) is 18.3 Å². The van der Waals surface area contributed by atoms with E-state index in [9.17, 15) is 5.26 Å². The number of nitriles is 1. The third-order valence-corrected chi connectivity index (χ3v) is 10.2. The van der Waals surface area contributed by atoms with Gasteiger partial charge in [-0.15, -0.1) is 0 Å². The first-order chi connectivity index (χ1) is 14.9. The molecule has 0 amide bonds. The maximum Gasteiger partial charge on any atom is 0.212 e. The van der Waals surface area contributed by atoms with Gasteiger partial charge in [0.2, 0.25) is 5.69 Å². The molecule has 0 fully saturated rings. The van der Waals surface area contributed by atoms with Gasteiger partial charge in [0, 0.05) is 17.7 Å². The largest absolute Gasteiger partial charge is 0.212 e. The van der Waals surface area contributed by atoms with Gasteiger partial charge < -0.3 is 0 Å². The Morgan fingerprint density at radius 3 is 2.13 bits per heavy atom. The summed E-state index contributed by atoms with van der Waals surface area (Å²) in [5, 5.41) is 13.0. The molecule has 2 heterocycles. The lowest BCUT2D eigenvalue weighted by atomic mass is 9.93. The van der Waals surface area contributed by atoms with Gasteiger partial charge in [-0.25, -0.2) is 4.57 Å². The fourth-order valence-corrected chi connectivity index (χ4v) is 9.07. The smallest absolute Gasteiger partial charge is 0.201 e. The Balaban J connectivity index is 1.85. The zero-order valence-corrected chi connectivity index (χ0v) is 19.4. The molecule has 3 aromatic carbocycles. The molecule has 2 nitrogen and oxygen atoms in total. The highest BCUT2D eigenvalue weighted by Gasteiger charge is 2.43. The topological polar surface area (TPSA) is 27.7 Å². The summed E-state index contributed by atoms with van der Waals surface area (Å²) in [6.45, 7) is 7.01. The van der Waals surface area contributed by atoms with E-state index in [1.54, 1.807) is 0 Å². The van der Waals surface area contributed by atoms with Crippen LogP contribution in [0.25, 0.3) is 33.5 Å². The molecule has 0 saturated heterocycles. The molecule has 31 heavy (non-hydrogen) atoms. The number of pyridine rings is 1. The maximum absolute atomic E-state index is 10.3. The molecular weight excluding hydrogens is 392 g/mol. The van der Waals surface area contributed by atoms with Crippen LogP contribution in [-0.4, -0.2) is 8.07 Å². The molecule has 3 heteroatoms. The summed E-state index contributed by atoms with van der Waals surface area (Å²) in [4.78, 5) is 0. The number of fused-ring (bicyclic) bond motifs is 3. The van der Waals surface area contributed by atoms with Crippen LogP contribution in [0.3, 0.4) is 0 Å². The first-order valence-electron chi connectivity index (χ1n) is 10.7. The van der Waals surface area contributed by atoms with E-state index in [1.165, 1.54) is 38.3 Å². The number of hydrogen-bond donors (Lipinski definition) is 0. The highest BCUT2D eigenvalue weighted by atomic mass is 28.3. The third kappa shape index (κ3) is 2.79. The Morgan fingerprint density at radius 1 is 0.774 bits per heavy atom. The average Bonchev–Trinajstić information content (AvgIpc) is 3.01. The number of benzene rings is 3. The van der Waals surface area contributed by atoms with Crippen LogP contribution in [0.4, 0.5) is 0 Å². The second-order valence-corrected chi connectivity index (χ2v) is 13.1. The summed E-state index contributed by atoms with van der Waals surface area (Å²) < 4.78 is 2.21. The number of nitrogens with zero attached hydrogens (tertiary/aromatic N) is 2. The van der Waals surface area contributed by atoms with Crippen molar-refractivity contribution in [2.24, 2.45) is 7.05 Å². The van der Waals surface area contributed by atoms with Crippen LogP contribution in [0.2, 0.25) is 13.1 Å². The van der Waals surface area contributed by atoms with Gasteiger partial charge in [0.15, 0.2) is 6.20 Å². The van der Waals surface area contributed by atoms with E-state index in [1.807, 2.05) is 18.2 Å². The molecule has 1 aliphatic heterocycles. The van der Waals surface area contributed by atoms with Gasteiger partial charge in [0.05, 0.1) is 11.6 Å². The summed E-state index contributed by atoms with van der Waals surface area (Å²) in [6.07, 6.45) is 2.11. The van der Waals surface area contributed by atoms with Crippen molar-refractivity contribution in [3.05, 3.63) is 90.1 Å². The lowest BCUT2D eigenvalue weighted by Gasteiger charge is -2.24. The van der Waals surface area contributed by atoms with E-state index in [0.29, 0.717) is 0 Å². The standard InChI is InChI=1S/C28H25N2Si/c1-19-13-14-23-22-16-15-21(20-10-6-5-7-11-20)24(18-29)27(22)31(3,4)28(23)26(19)25-12-8-9-17-30(25)2/h5-17H,1-4H3/q+1. The Kier molecular flexibility index (Phi) is 4.42. The van der Waals surface area contributed by atoms with Gasteiger partial charge in [-0.2, -0.15) is 5.26 Å². The van der Waals surface area contributed by atoms with E-state index in [4.69, 9.17) is 0 Å². The zero-order chi connectivity index (χ0) is 21.8. The number of aryl methyl sites for hydroxylation is 2. The average molecular weight is 418 g/mol. The molecule has 0 bridgehead atoms. The molecule has 0 unspecified atom stereocenters. The Hall–Kier alpha value is -3.48. The van der Waals surface area contributed by atoms with Gasteiger partial charge in [0.1, 0.15) is 15.1 Å². The van der Waals surface area contributed by atoms with Crippen molar-refractivity contribution in [2.75, 3.05) is 0 Å². The minimum Gasteiger partial charge on any atom is -0.201 e. The number of aromatic nitrogens is 1. The van der Waals surface area contributed by atoms with Gasteiger partial charge in [0.25, 0.3) is 0 Å². The lowest BCUT2D eigenvalue weighted by molar-refractivity contribution is -0.660. The predicted molar refractivity (Wildman–Crippen MR) is 130 cm³/mol. The van der Waals surface area contributed by atoms with Crippen LogP contribution in [0.5, 0.6) is 0 Å². The monoisotopic (exact) mass is 417 g/mol. The van der Waals surface area contributed by atoms with Crippen molar-refractivity contribution in [2.45, 2.75) is 20.0 Å². The minimum atomic E-state index is -2.13. The molecule has 0 N–H and O–H groups in total. The second-order valence-electron chi connectivity index (χ2n) is 8.89. The molecular formula is C28H25N2Si+. The van der Waals surface area contributed by atoms with Gasteiger partial charge in [-0.1, -0.05) is 67.7 Å². The van der Waals surface area contributed by atoms with Crippen LogP contribution in [0.1, 0.15) is 11.1 Å². The summed E-state index contributed by atoms with van der Waals surface area (Å²) in [5.74, 6) is 0. The third-order valence-electron chi connectivity index (χ3n) is 6.67. The van der Waals surface area contributed by atoms with Gasteiger partial charge in [-0.3, -0.25) is 0 Å². The van der Waals surface area contributed by atoms with Crippen molar-refractivity contribution in [3.63, 3.8) is 0 Å². The van der Waals surface area contributed by atoms with Crippen LogP contribution >= 0.6 is 0 Å². The molecule has 150 valence electrons. The Morgan fingerprint density at radius 2 is 1.42 bits per heavy atom. The first-order valence-corrected chi connectivity index (χ1v) is 13.7. The zero-order valence-electron chi connectivity index (χ0n) is 18.4. The normalized spacial score (nSPS) is 13.4. The van der Waals surface area contributed by atoms with Crippen molar-refractivity contribution >= 4 is 18.4 Å². The quantitative estimate of drug-likeness (QED) is 0.339. The summed E-state index contributed by atoms with van der Waals surface area (Å²) >= 11 is 0. The van der Waals surface area contributed by atoms with Crippen molar-refractivity contribution in [1.29, 1.82) is 5.26 Å². The van der Waals surface area contributed by atoms with Gasteiger partial charge >= 0.3 is 0 Å². The number of rotatable bonds is 2. The number of hydrogen-bond acceptors (Lipinski definition) is 1. The van der Waals surface area contributed by atoms with E-state index in [0.717, 1.165) is 16.7 Å².